The van der Waals surface area contributed by atoms with E-state index in [-0.39, 0.29) is 11.3 Å². The Bertz CT molecular complexity index is 1250. The molecule has 5 rings (SSSR count). The number of nitrogens with zero attached hydrogens (tertiary/aromatic N) is 2. The molecule has 4 aromatic rings. The summed E-state index contributed by atoms with van der Waals surface area (Å²) in [6.45, 7) is 0. The molecular formula is C23H18BrClN4O. The molecule has 1 saturated carbocycles. The summed E-state index contributed by atoms with van der Waals surface area (Å²) < 4.78 is 0.924. The number of imidazole rings is 1. The molecule has 5 nitrogen and oxygen atoms in total. The minimum Gasteiger partial charge on any atom is -0.340 e. The zero-order chi connectivity index (χ0) is 20.7. The number of carbonyl (C=O) groups is 1. The van der Waals surface area contributed by atoms with Crippen LogP contribution in [0, 0.1) is 0 Å². The van der Waals surface area contributed by atoms with Gasteiger partial charge in [-0.15, -0.1) is 0 Å². The molecule has 2 aromatic heterocycles. The standard InChI is InChI=1S/C23H18BrClN4O/c24-16-12-19-20(26-13-16)29-22(28-19)23(9-2-10-23)15-5-7-18(8-6-15)27-21(30)14-3-1-4-17(25)11-14/h1,3-8,11-13H,2,9-10H2,(H,27,30)(H,26,28,29). The SMILES string of the molecule is O=C(Nc1ccc(C2(c3nc4ncc(Br)cc4[nH]3)CCC2)cc1)c1cccc(Cl)c1. The second kappa shape index (κ2) is 7.52. The van der Waals surface area contributed by atoms with Crippen LogP contribution in [0.3, 0.4) is 0 Å². The molecule has 0 spiro atoms. The van der Waals surface area contributed by atoms with Crippen molar-refractivity contribution in [3.8, 4) is 0 Å². The van der Waals surface area contributed by atoms with Crippen LogP contribution in [0.4, 0.5) is 5.69 Å². The van der Waals surface area contributed by atoms with Gasteiger partial charge in [-0.25, -0.2) is 9.97 Å². The van der Waals surface area contributed by atoms with Gasteiger partial charge in [-0.2, -0.15) is 0 Å². The van der Waals surface area contributed by atoms with Crippen LogP contribution in [0.2, 0.25) is 5.02 Å². The number of anilines is 1. The smallest absolute Gasteiger partial charge is 0.255 e. The molecule has 150 valence electrons. The van der Waals surface area contributed by atoms with Gasteiger partial charge in [0.25, 0.3) is 5.91 Å². The summed E-state index contributed by atoms with van der Waals surface area (Å²) in [7, 11) is 0. The Morgan fingerprint density at radius 2 is 1.93 bits per heavy atom. The number of halogens is 2. The topological polar surface area (TPSA) is 70.7 Å². The molecule has 0 saturated heterocycles. The molecule has 0 bridgehead atoms. The monoisotopic (exact) mass is 480 g/mol. The number of carbonyl (C=O) groups excluding carboxylic acids is 1. The summed E-state index contributed by atoms with van der Waals surface area (Å²) in [6, 6.07) is 16.9. The first-order valence-electron chi connectivity index (χ1n) is 9.73. The lowest BCUT2D eigenvalue weighted by atomic mass is 9.64. The zero-order valence-electron chi connectivity index (χ0n) is 16.0. The summed E-state index contributed by atoms with van der Waals surface area (Å²) in [5.74, 6) is 0.766. The Labute approximate surface area is 187 Å². The van der Waals surface area contributed by atoms with E-state index in [1.807, 2.05) is 18.2 Å². The van der Waals surface area contributed by atoms with Gasteiger partial charge in [0.1, 0.15) is 5.82 Å². The highest BCUT2D eigenvalue weighted by Gasteiger charge is 2.43. The van der Waals surface area contributed by atoms with Gasteiger partial charge in [0, 0.05) is 26.9 Å². The Kier molecular flexibility index (Phi) is 4.83. The number of rotatable bonds is 4. The average molecular weight is 482 g/mol. The second-order valence-corrected chi connectivity index (χ2v) is 8.94. The van der Waals surface area contributed by atoms with Crippen molar-refractivity contribution in [1.29, 1.82) is 0 Å². The predicted octanol–water partition coefficient (Wildman–Crippen LogP) is 6.10. The molecule has 2 N–H and O–H groups in total. The summed E-state index contributed by atoms with van der Waals surface area (Å²) in [6.07, 6.45) is 4.98. The van der Waals surface area contributed by atoms with Crippen LogP contribution in [-0.4, -0.2) is 20.9 Å². The van der Waals surface area contributed by atoms with E-state index < -0.39 is 0 Å². The van der Waals surface area contributed by atoms with Gasteiger partial charge in [-0.05, 0) is 70.7 Å². The Morgan fingerprint density at radius 1 is 1.13 bits per heavy atom. The normalized spacial score (nSPS) is 15.0. The third-order valence-electron chi connectivity index (χ3n) is 5.75. The fourth-order valence-electron chi connectivity index (χ4n) is 4.00. The maximum absolute atomic E-state index is 12.5. The van der Waals surface area contributed by atoms with Crippen molar-refractivity contribution in [2.75, 3.05) is 5.32 Å². The number of aromatic nitrogens is 3. The van der Waals surface area contributed by atoms with Crippen LogP contribution in [0.1, 0.15) is 41.0 Å². The van der Waals surface area contributed by atoms with Crippen molar-refractivity contribution in [2.24, 2.45) is 0 Å². The van der Waals surface area contributed by atoms with Crippen LogP contribution in [-0.2, 0) is 5.41 Å². The van der Waals surface area contributed by atoms with Gasteiger partial charge >= 0.3 is 0 Å². The average Bonchev–Trinajstić information content (AvgIpc) is 3.11. The van der Waals surface area contributed by atoms with Crippen molar-refractivity contribution in [1.82, 2.24) is 15.0 Å². The van der Waals surface area contributed by atoms with Gasteiger partial charge in [0.2, 0.25) is 0 Å². The molecule has 2 heterocycles. The van der Waals surface area contributed by atoms with Crippen molar-refractivity contribution in [3.63, 3.8) is 0 Å². The van der Waals surface area contributed by atoms with Gasteiger partial charge < -0.3 is 10.3 Å². The summed E-state index contributed by atoms with van der Waals surface area (Å²) in [5.41, 5.74) is 3.98. The summed E-state index contributed by atoms with van der Waals surface area (Å²) in [5, 5.41) is 3.47. The number of benzene rings is 2. The van der Waals surface area contributed by atoms with Gasteiger partial charge in [-0.3, -0.25) is 4.79 Å². The lowest BCUT2D eigenvalue weighted by Gasteiger charge is -2.40. The largest absolute Gasteiger partial charge is 0.340 e. The van der Waals surface area contributed by atoms with Crippen LogP contribution < -0.4 is 5.32 Å². The third kappa shape index (κ3) is 3.40. The number of hydrogen-bond donors (Lipinski definition) is 2. The first-order valence-corrected chi connectivity index (χ1v) is 10.9. The van der Waals surface area contributed by atoms with E-state index in [4.69, 9.17) is 16.6 Å². The number of amides is 1. The van der Waals surface area contributed by atoms with Crippen molar-refractivity contribution in [3.05, 3.63) is 87.2 Å². The Hall–Kier alpha value is -2.70. The third-order valence-corrected chi connectivity index (χ3v) is 6.42. The maximum atomic E-state index is 12.5. The number of H-pyrrole nitrogens is 1. The molecule has 7 heteroatoms. The first-order chi connectivity index (χ1) is 14.5. The van der Waals surface area contributed by atoms with Crippen molar-refractivity contribution in [2.45, 2.75) is 24.7 Å². The van der Waals surface area contributed by atoms with Crippen LogP contribution in [0.25, 0.3) is 11.2 Å². The molecule has 0 unspecified atom stereocenters. The van der Waals surface area contributed by atoms with Crippen LogP contribution >= 0.6 is 27.5 Å². The van der Waals surface area contributed by atoms with E-state index in [2.05, 4.69) is 43.3 Å². The minimum atomic E-state index is -0.183. The van der Waals surface area contributed by atoms with E-state index in [1.54, 1.807) is 30.5 Å². The van der Waals surface area contributed by atoms with Crippen LogP contribution in [0.5, 0.6) is 0 Å². The highest BCUT2D eigenvalue weighted by atomic mass is 79.9. The number of nitrogens with one attached hydrogen (secondary N) is 2. The number of aromatic amines is 1. The Morgan fingerprint density at radius 3 is 2.63 bits per heavy atom. The number of hydrogen-bond acceptors (Lipinski definition) is 3. The highest BCUT2D eigenvalue weighted by Crippen LogP contribution is 2.48. The Balaban J connectivity index is 1.41. The van der Waals surface area contributed by atoms with Crippen molar-refractivity contribution >= 4 is 50.3 Å². The molecule has 1 aliphatic rings. The highest BCUT2D eigenvalue weighted by molar-refractivity contribution is 9.10. The first kappa shape index (κ1) is 19.3. The van der Waals surface area contributed by atoms with E-state index in [9.17, 15) is 4.79 Å². The van der Waals surface area contributed by atoms with Gasteiger partial charge in [-0.1, -0.05) is 36.2 Å². The summed E-state index contributed by atoms with van der Waals surface area (Å²) in [4.78, 5) is 25.1. The molecule has 1 fully saturated rings. The quantitative estimate of drug-likeness (QED) is 0.370. The maximum Gasteiger partial charge on any atom is 0.255 e. The fourth-order valence-corrected chi connectivity index (χ4v) is 4.52. The zero-order valence-corrected chi connectivity index (χ0v) is 18.3. The molecule has 2 aromatic carbocycles. The van der Waals surface area contributed by atoms with Crippen LogP contribution in [0.15, 0.2) is 65.3 Å². The van der Waals surface area contributed by atoms with Crippen molar-refractivity contribution < 1.29 is 4.79 Å². The number of fused-ring (bicyclic) bond motifs is 1. The van der Waals surface area contributed by atoms with E-state index in [0.717, 1.165) is 46.4 Å². The van der Waals surface area contributed by atoms with E-state index in [1.165, 1.54) is 5.56 Å². The summed E-state index contributed by atoms with van der Waals surface area (Å²) >= 11 is 9.45. The molecule has 30 heavy (non-hydrogen) atoms. The molecular weight excluding hydrogens is 464 g/mol. The lowest BCUT2D eigenvalue weighted by Crippen LogP contribution is -2.36. The van der Waals surface area contributed by atoms with E-state index >= 15 is 0 Å². The molecule has 1 amide bonds. The minimum absolute atomic E-state index is 0.136. The van der Waals surface area contributed by atoms with E-state index in [0.29, 0.717) is 10.6 Å². The number of pyridine rings is 1. The van der Waals surface area contributed by atoms with Gasteiger partial charge in [0.05, 0.1) is 10.9 Å². The second-order valence-electron chi connectivity index (χ2n) is 7.59. The molecule has 0 aliphatic heterocycles. The van der Waals surface area contributed by atoms with Gasteiger partial charge in [0.15, 0.2) is 5.65 Å². The predicted molar refractivity (Wildman–Crippen MR) is 122 cm³/mol. The molecule has 0 radical (unpaired) electrons. The molecule has 1 aliphatic carbocycles. The fraction of sp³-hybridized carbons (Fsp3) is 0.174. The lowest BCUT2D eigenvalue weighted by molar-refractivity contribution is 0.102. The molecule has 0 atom stereocenters.